The molecule has 1 unspecified atom stereocenters. The van der Waals surface area contributed by atoms with E-state index >= 15 is 0 Å². The van der Waals surface area contributed by atoms with Gasteiger partial charge in [0.25, 0.3) is 0 Å². The van der Waals surface area contributed by atoms with Crippen molar-refractivity contribution in [3.63, 3.8) is 0 Å². The first kappa shape index (κ1) is 19.5. The SMILES string of the molecule is Cc1ccc(NC(=O)NCC2CCCN(c3ncnc4cc(Cl)ccc34)C2)cc1. The molecule has 2 heterocycles. The standard InChI is InChI=1S/C22H24ClN5O/c1-15-4-7-18(8-5-15)27-22(29)24-12-16-3-2-10-28(13-16)21-19-9-6-17(23)11-20(19)25-14-26-21/h4-9,11,14,16H,2-3,10,12-13H2,1H3,(H2,24,27,29). The summed E-state index contributed by atoms with van der Waals surface area (Å²) in [5.41, 5.74) is 2.81. The summed E-state index contributed by atoms with van der Waals surface area (Å²) in [6.45, 7) is 4.44. The molecule has 7 heteroatoms. The van der Waals surface area contributed by atoms with Crippen LogP contribution in [0.25, 0.3) is 10.9 Å². The van der Waals surface area contributed by atoms with E-state index in [-0.39, 0.29) is 6.03 Å². The maximum Gasteiger partial charge on any atom is 0.319 e. The van der Waals surface area contributed by atoms with E-state index in [1.807, 2.05) is 49.4 Å². The molecule has 0 saturated carbocycles. The molecule has 0 aliphatic carbocycles. The van der Waals surface area contributed by atoms with E-state index in [0.717, 1.165) is 53.9 Å². The molecule has 6 nitrogen and oxygen atoms in total. The number of urea groups is 1. The van der Waals surface area contributed by atoms with Crippen LogP contribution in [-0.2, 0) is 0 Å². The third-order valence-electron chi connectivity index (χ3n) is 5.26. The quantitative estimate of drug-likeness (QED) is 0.659. The number of halogens is 1. The Kier molecular flexibility index (Phi) is 5.81. The van der Waals surface area contributed by atoms with Crippen LogP contribution in [0.15, 0.2) is 48.8 Å². The summed E-state index contributed by atoms with van der Waals surface area (Å²) in [4.78, 5) is 23.4. The molecule has 1 saturated heterocycles. The lowest BCUT2D eigenvalue weighted by Crippen LogP contribution is -2.42. The largest absolute Gasteiger partial charge is 0.356 e. The van der Waals surface area contributed by atoms with Crippen LogP contribution in [0.3, 0.4) is 0 Å². The first-order valence-corrected chi connectivity index (χ1v) is 10.2. The van der Waals surface area contributed by atoms with Crippen LogP contribution in [0.1, 0.15) is 18.4 Å². The van der Waals surface area contributed by atoms with Gasteiger partial charge in [0.15, 0.2) is 0 Å². The lowest BCUT2D eigenvalue weighted by Gasteiger charge is -2.34. The van der Waals surface area contributed by atoms with Gasteiger partial charge in [0.05, 0.1) is 5.52 Å². The monoisotopic (exact) mass is 409 g/mol. The zero-order valence-corrected chi connectivity index (χ0v) is 17.1. The number of carbonyl (C=O) groups excluding carboxylic acids is 1. The lowest BCUT2D eigenvalue weighted by molar-refractivity contribution is 0.249. The van der Waals surface area contributed by atoms with Crippen molar-refractivity contribution in [2.24, 2.45) is 5.92 Å². The van der Waals surface area contributed by atoms with Crippen LogP contribution >= 0.6 is 11.6 Å². The molecular weight excluding hydrogens is 386 g/mol. The fourth-order valence-corrected chi connectivity index (χ4v) is 3.91. The lowest BCUT2D eigenvalue weighted by atomic mass is 9.97. The van der Waals surface area contributed by atoms with Gasteiger partial charge in [0, 0.05) is 35.7 Å². The Bertz CT molecular complexity index is 1010. The highest BCUT2D eigenvalue weighted by molar-refractivity contribution is 6.31. The number of nitrogens with one attached hydrogen (secondary N) is 2. The molecule has 4 rings (SSSR count). The number of aryl methyl sites for hydroxylation is 1. The predicted molar refractivity (Wildman–Crippen MR) is 118 cm³/mol. The van der Waals surface area contributed by atoms with Crippen molar-refractivity contribution in [2.75, 3.05) is 29.9 Å². The number of benzene rings is 2. The molecule has 2 amide bonds. The number of anilines is 2. The number of fused-ring (bicyclic) bond motifs is 1. The molecule has 1 atom stereocenters. The normalized spacial score (nSPS) is 16.6. The van der Waals surface area contributed by atoms with Gasteiger partial charge in [-0.05, 0) is 56.0 Å². The Morgan fingerprint density at radius 3 is 2.86 bits per heavy atom. The van der Waals surface area contributed by atoms with Crippen LogP contribution in [0.4, 0.5) is 16.3 Å². The smallest absolute Gasteiger partial charge is 0.319 e. The van der Waals surface area contributed by atoms with Crippen LogP contribution in [0, 0.1) is 12.8 Å². The Hall–Kier alpha value is -2.86. The van der Waals surface area contributed by atoms with Crippen LogP contribution in [0.2, 0.25) is 5.02 Å². The second kappa shape index (κ2) is 8.66. The zero-order chi connectivity index (χ0) is 20.2. The van der Waals surface area contributed by atoms with Crippen molar-refractivity contribution in [3.8, 4) is 0 Å². The molecular formula is C22H24ClN5O. The summed E-state index contributed by atoms with van der Waals surface area (Å²) >= 11 is 6.10. The molecule has 0 bridgehead atoms. The number of nitrogens with zero attached hydrogens (tertiary/aromatic N) is 3. The Morgan fingerprint density at radius 1 is 1.21 bits per heavy atom. The van der Waals surface area contributed by atoms with E-state index in [0.29, 0.717) is 17.5 Å². The molecule has 1 aliphatic rings. The third kappa shape index (κ3) is 4.77. The number of rotatable bonds is 4. The fourth-order valence-electron chi connectivity index (χ4n) is 3.74. The van der Waals surface area contributed by atoms with Crippen LogP contribution in [0.5, 0.6) is 0 Å². The van der Waals surface area contributed by atoms with Crippen LogP contribution < -0.4 is 15.5 Å². The topological polar surface area (TPSA) is 70.2 Å². The van der Waals surface area contributed by atoms with E-state index in [9.17, 15) is 4.79 Å². The second-order valence-electron chi connectivity index (χ2n) is 7.51. The number of amides is 2. The van der Waals surface area contributed by atoms with E-state index in [2.05, 4.69) is 25.5 Å². The van der Waals surface area contributed by atoms with Crippen molar-refractivity contribution >= 4 is 40.0 Å². The first-order valence-electron chi connectivity index (χ1n) is 9.85. The van der Waals surface area contributed by atoms with E-state index < -0.39 is 0 Å². The van der Waals surface area contributed by atoms with Crippen LogP contribution in [-0.4, -0.2) is 35.6 Å². The van der Waals surface area contributed by atoms with Gasteiger partial charge in [-0.25, -0.2) is 14.8 Å². The molecule has 2 aromatic carbocycles. The molecule has 0 spiro atoms. The van der Waals surface area contributed by atoms with Gasteiger partial charge in [-0.2, -0.15) is 0 Å². The van der Waals surface area contributed by atoms with Gasteiger partial charge in [-0.15, -0.1) is 0 Å². The van der Waals surface area contributed by atoms with Gasteiger partial charge < -0.3 is 15.5 Å². The maximum atomic E-state index is 12.2. The zero-order valence-electron chi connectivity index (χ0n) is 16.4. The van der Waals surface area contributed by atoms with Crippen molar-refractivity contribution in [1.82, 2.24) is 15.3 Å². The summed E-state index contributed by atoms with van der Waals surface area (Å²) in [7, 11) is 0. The summed E-state index contributed by atoms with van der Waals surface area (Å²) in [6.07, 6.45) is 3.73. The summed E-state index contributed by atoms with van der Waals surface area (Å²) in [5, 5.41) is 7.56. The Morgan fingerprint density at radius 2 is 2.03 bits per heavy atom. The summed E-state index contributed by atoms with van der Waals surface area (Å²) < 4.78 is 0. The molecule has 29 heavy (non-hydrogen) atoms. The average molecular weight is 410 g/mol. The predicted octanol–water partition coefficient (Wildman–Crippen LogP) is 4.63. The third-order valence-corrected chi connectivity index (χ3v) is 5.49. The highest BCUT2D eigenvalue weighted by Crippen LogP contribution is 2.28. The number of carbonyl (C=O) groups is 1. The van der Waals surface area contributed by atoms with Gasteiger partial charge in [0.2, 0.25) is 0 Å². The van der Waals surface area contributed by atoms with Gasteiger partial charge in [0.1, 0.15) is 12.1 Å². The number of hydrogen-bond donors (Lipinski definition) is 2. The Labute approximate surface area is 175 Å². The summed E-state index contributed by atoms with van der Waals surface area (Å²) in [5.74, 6) is 1.30. The highest BCUT2D eigenvalue weighted by Gasteiger charge is 2.23. The number of aromatic nitrogens is 2. The first-order chi connectivity index (χ1) is 14.1. The van der Waals surface area contributed by atoms with Crippen molar-refractivity contribution < 1.29 is 4.79 Å². The Balaban J connectivity index is 1.37. The minimum absolute atomic E-state index is 0.173. The average Bonchev–Trinajstić information content (AvgIpc) is 2.73. The van der Waals surface area contributed by atoms with Gasteiger partial charge in [-0.1, -0.05) is 29.3 Å². The van der Waals surface area contributed by atoms with Crippen molar-refractivity contribution in [3.05, 3.63) is 59.4 Å². The molecule has 2 N–H and O–H groups in total. The van der Waals surface area contributed by atoms with Gasteiger partial charge >= 0.3 is 6.03 Å². The molecule has 1 fully saturated rings. The molecule has 0 radical (unpaired) electrons. The molecule has 3 aromatic rings. The second-order valence-corrected chi connectivity index (χ2v) is 7.95. The molecule has 150 valence electrons. The minimum Gasteiger partial charge on any atom is -0.356 e. The van der Waals surface area contributed by atoms with E-state index in [1.165, 1.54) is 0 Å². The van der Waals surface area contributed by atoms with E-state index in [1.54, 1.807) is 6.33 Å². The van der Waals surface area contributed by atoms with Crippen molar-refractivity contribution in [2.45, 2.75) is 19.8 Å². The summed E-state index contributed by atoms with van der Waals surface area (Å²) in [6, 6.07) is 13.3. The van der Waals surface area contributed by atoms with E-state index in [4.69, 9.17) is 11.6 Å². The van der Waals surface area contributed by atoms with Gasteiger partial charge in [-0.3, -0.25) is 0 Å². The maximum absolute atomic E-state index is 12.2. The fraction of sp³-hybridized carbons (Fsp3) is 0.318. The number of hydrogen-bond acceptors (Lipinski definition) is 4. The molecule has 1 aromatic heterocycles. The minimum atomic E-state index is -0.173. The molecule has 1 aliphatic heterocycles. The van der Waals surface area contributed by atoms with Crippen molar-refractivity contribution in [1.29, 1.82) is 0 Å². The number of piperidine rings is 1. The highest BCUT2D eigenvalue weighted by atomic mass is 35.5.